The van der Waals surface area contributed by atoms with Crippen LogP contribution in [0.3, 0.4) is 0 Å². The Morgan fingerprint density at radius 3 is 2.55 bits per heavy atom. The fourth-order valence-electron chi connectivity index (χ4n) is 1.32. The molecule has 0 aliphatic carbocycles. The summed E-state index contributed by atoms with van der Waals surface area (Å²) >= 11 is 0. The molecule has 1 aromatic carbocycles. The van der Waals surface area contributed by atoms with Crippen LogP contribution >= 0.6 is 0 Å². The lowest BCUT2D eigenvalue weighted by molar-refractivity contribution is -0.143. The quantitative estimate of drug-likeness (QED) is 0.517. The van der Waals surface area contributed by atoms with E-state index in [1.165, 1.54) is 0 Å². The van der Waals surface area contributed by atoms with Crippen molar-refractivity contribution in [3.8, 4) is 0 Å². The molecular formula is C14H21N3O3. The van der Waals surface area contributed by atoms with E-state index in [1.807, 2.05) is 44.2 Å². The molecule has 0 atom stereocenters. The maximum atomic E-state index is 11.4. The van der Waals surface area contributed by atoms with E-state index in [0.717, 1.165) is 5.56 Å². The fraction of sp³-hybridized carbons (Fsp3) is 0.429. The number of esters is 1. The second kappa shape index (κ2) is 8.92. The lowest BCUT2D eigenvalue weighted by Gasteiger charge is -2.10. The largest absolute Gasteiger partial charge is 0.460 e. The topological polar surface area (TPSA) is 79.5 Å². The maximum absolute atomic E-state index is 11.4. The smallest absolute Gasteiger partial charge is 0.329 e. The van der Waals surface area contributed by atoms with Crippen molar-refractivity contribution in [3.05, 3.63) is 35.9 Å². The molecule has 0 bridgehead atoms. The van der Waals surface area contributed by atoms with Gasteiger partial charge in [-0.15, -0.1) is 0 Å². The van der Waals surface area contributed by atoms with Crippen molar-refractivity contribution in [2.24, 2.45) is 5.92 Å². The van der Waals surface area contributed by atoms with Crippen LogP contribution in [0.25, 0.3) is 0 Å². The number of carbonyl (C=O) groups is 2. The van der Waals surface area contributed by atoms with Gasteiger partial charge < -0.3 is 10.1 Å². The van der Waals surface area contributed by atoms with Crippen molar-refractivity contribution >= 4 is 12.0 Å². The standard InChI is InChI=1S/C14H21N3O3/c1-11(2)8-16-17-14(19)15-9-13(18)20-10-12-6-4-3-5-7-12/h3-7,11,16H,8-10H2,1-2H3,(H2,15,17,19). The summed E-state index contributed by atoms with van der Waals surface area (Å²) in [5.41, 5.74) is 6.09. The Bertz CT molecular complexity index is 421. The molecule has 0 spiro atoms. The predicted octanol–water partition coefficient (Wildman–Crippen LogP) is 1.19. The van der Waals surface area contributed by atoms with Gasteiger partial charge in [0.25, 0.3) is 0 Å². The number of benzene rings is 1. The molecule has 0 unspecified atom stereocenters. The van der Waals surface area contributed by atoms with E-state index >= 15 is 0 Å². The summed E-state index contributed by atoms with van der Waals surface area (Å²) in [6.45, 7) is 4.74. The average Bonchev–Trinajstić information content (AvgIpc) is 2.43. The first-order valence-corrected chi connectivity index (χ1v) is 6.54. The summed E-state index contributed by atoms with van der Waals surface area (Å²) in [6, 6.07) is 8.90. The molecule has 2 amide bonds. The van der Waals surface area contributed by atoms with Gasteiger partial charge in [-0.1, -0.05) is 44.2 Å². The number of amides is 2. The van der Waals surface area contributed by atoms with E-state index in [-0.39, 0.29) is 13.2 Å². The highest BCUT2D eigenvalue weighted by atomic mass is 16.5. The average molecular weight is 279 g/mol. The Balaban J connectivity index is 2.12. The lowest BCUT2D eigenvalue weighted by Crippen LogP contribution is -2.46. The first-order valence-electron chi connectivity index (χ1n) is 6.54. The minimum absolute atomic E-state index is 0.165. The van der Waals surface area contributed by atoms with Crippen LogP contribution in [0, 0.1) is 5.92 Å². The van der Waals surface area contributed by atoms with E-state index in [4.69, 9.17) is 4.74 Å². The third kappa shape index (κ3) is 7.38. The minimum Gasteiger partial charge on any atom is -0.460 e. The van der Waals surface area contributed by atoms with Crippen LogP contribution in [0.15, 0.2) is 30.3 Å². The summed E-state index contributed by atoms with van der Waals surface area (Å²) in [4.78, 5) is 22.7. The van der Waals surface area contributed by atoms with Gasteiger partial charge in [0.1, 0.15) is 13.2 Å². The van der Waals surface area contributed by atoms with Gasteiger partial charge in [-0.3, -0.25) is 10.2 Å². The molecule has 6 heteroatoms. The molecule has 3 N–H and O–H groups in total. The van der Waals surface area contributed by atoms with Gasteiger partial charge in [0.2, 0.25) is 0 Å². The van der Waals surface area contributed by atoms with Crippen LogP contribution in [0.2, 0.25) is 0 Å². The molecule has 20 heavy (non-hydrogen) atoms. The number of ether oxygens (including phenoxy) is 1. The van der Waals surface area contributed by atoms with Crippen LogP contribution in [-0.2, 0) is 16.1 Å². The van der Waals surface area contributed by atoms with Crippen LogP contribution in [0.1, 0.15) is 19.4 Å². The number of hydrogen-bond acceptors (Lipinski definition) is 4. The van der Waals surface area contributed by atoms with Gasteiger partial charge in [-0.25, -0.2) is 10.2 Å². The number of nitrogens with one attached hydrogen (secondary N) is 3. The Morgan fingerprint density at radius 2 is 1.90 bits per heavy atom. The van der Waals surface area contributed by atoms with Gasteiger partial charge in [-0.05, 0) is 11.5 Å². The number of carbonyl (C=O) groups excluding carboxylic acids is 2. The molecule has 6 nitrogen and oxygen atoms in total. The second-order valence-corrected chi connectivity index (χ2v) is 4.73. The van der Waals surface area contributed by atoms with Crippen LogP contribution in [0.4, 0.5) is 4.79 Å². The summed E-state index contributed by atoms with van der Waals surface area (Å²) in [7, 11) is 0. The molecule has 0 aliphatic heterocycles. The summed E-state index contributed by atoms with van der Waals surface area (Å²) in [5, 5.41) is 2.41. The maximum Gasteiger partial charge on any atom is 0.329 e. The van der Waals surface area contributed by atoms with Crippen molar-refractivity contribution < 1.29 is 14.3 Å². The number of hydrazine groups is 1. The van der Waals surface area contributed by atoms with Gasteiger partial charge in [-0.2, -0.15) is 0 Å². The Kier molecular flexibility index (Phi) is 7.13. The SMILES string of the molecule is CC(C)CNNC(=O)NCC(=O)OCc1ccccc1. The van der Waals surface area contributed by atoms with Crippen LogP contribution in [0.5, 0.6) is 0 Å². The van der Waals surface area contributed by atoms with Gasteiger partial charge in [0.05, 0.1) is 0 Å². The van der Waals surface area contributed by atoms with Crippen LogP contribution < -0.4 is 16.2 Å². The molecule has 110 valence electrons. The summed E-state index contributed by atoms with van der Waals surface area (Å²) < 4.78 is 5.02. The molecule has 0 aliphatic rings. The first-order chi connectivity index (χ1) is 9.58. The molecule has 0 saturated carbocycles. The van der Waals surface area contributed by atoms with Gasteiger partial charge in [0.15, 0.2) is 0 Å². The zero-order valence-corrected chi connectivity index (χ0v) is 11.8. The Labute approximate surface area is 118 Å². The third-order valence-electron chi connectivity index (χ3n) is 2.35. The Morgan fingerprint density at radius 1 is 1.20 bits per heavy atom. The summed E-state index contributed by atoms with van der Waals surface area (Å²) in [6.07, 6.45) is 0. The fourth-order valence-corrected chi connectivity index (χ4v) is 1.32. The molecule has 1 rings (SSSR count). The number of rotatable bonds is 7. The number of hydrogen-bond donors (Lipinski definition) is 3. The second-order valence-electron chi connectivity index (χ2n) is 4.73. The number of urea groups is 1. The highest BCUT2D eigenvalue weighted by Gasteiger charge is 2.06. The van der Waals surface area contributed by atoms with Crippen molar-refractivity contribution in [1.29, 1.82) is 0 Å². The lowest BCUT2D eigenvalue weighted by atomic mass is 10.2. The van der Waals surface area contributed by atoms with Crippen molar-refractivity contribution in [3.63, 3.8) is 0 Å². The van der Waals surface area contributed by atoms with E-state index < -0.39 is 12.0 Å². The van der Waals surface area contributed by atoms with Gasteiger partial charge in [0, 0.05) is 6.54 Å². The molecule has 1 aromatic rings. The first kappa shape index (κ1) is 16.0. The summed E-state index contributed by atoms with van der Waals surface area (Å²) in [5.74, 6) is -0.0565. The molecule has 0 saturated heterocycles. The van der Waals surface area contributed by atoms with E-state index in [2.05, 4.69) is 16.2 Å². The monoisotopic (exact) mass is 279 g/mol. The van der Waals surface area contributed by atoms with E-state index in [0.29, 0.717) is 12.5 Å². The molecule has 0 heterocycles. The zero-order valence-electron chi connectivity index (χ0n) is 11.8. The molecular weight excluding hydrogens is 258 g/mol. The Hall–Kier alpha value is -2.08. The third-order valence-corrected chi connectivity index (χ3v) is 2.35. The highest BCUT2D eigenvalue weighted by molar-refractivity contribution is 5.80. The predicted molar refractivity (Wildman–Crippen MR) is 75.6 cm³/mol. The van der Waals surface area contributed by atoms with Crippen LogP contribution in [-0.4, -0.2) is 25.1 Å². The van der Waals surface area contributed by atoms with E-state index in [1.54, 1.807) is 0 Å². The van der Waals surface area contributed by atoms with Gasteiger partial charge >= 0.3 is 12.0 Å². The zero-order chi connectivity index (χ0) is 14.8. The van der Waals surface area contributed by atoms with E-state index in [9.17, 15) is 9.59 Å². The van der Waals surface area contributed by atoms with Crippen molar-refractivity contribution in [2.45, 2.75) is 20.5 Å². The molecule has 0 fully saturated rings. The normalized spacial score (nSPS) is 10.2. The van der Waals surface area contributed by atoms with Crippen molar-refractivity contribution in [1.82, 2.24) is 16.2 Å². The molecule has 0 aromatic heterocycles. The minimum atomic E-state index is -0.479. The highest BCUT2D eigenvalue weighted by Crippen LogP contribution is 2.00. The molecule has 0 radical (unpaired) electrons. The van der Waals surface area contributed by atoms with Crippen molar-refractivity contribution in [2.75, 3.05) is 13.1 Å².